The van der Waals surface area contributed by atoms with Crippen molar-refractivity contribution in [2.75, 3.05) is 23.7 Å². The van der Waals surface area contributed by atoms with Gasteiger partial charge in [0.05, 0.1) is 16.9 Å². The number of rotatable bonds is 7. The number of pyridine rings is 1. The Balaban J connectivity index is 1.17. The Labute approximate surface area is 253 Å². The molecule has 2 amide bonds. The van der Waals surface area contributed by atoms with Crippen molar-refractivity contribution in [1.82, 2.24) is 19.9 Å². The van der Waals surface area contributed by atoms with Gasteiger partial charge in [-0.25, -0.2) is 24.1 Å². The molecule has 2 aromatic carbocycles. The van der Waals surface area contributed by atoms with Gasteiger partial charge in [0.1, 0.15) is 11.6 Å². The lowest BCUT2D eigenvalue weighted by molar-refractivity contribution is -0.118. The van der Waals surface area contributed by atoms with Crippen LogP contribution in [0.4, 0.5) is 20.8 Å². The van der Waals surface area contributed by atoms with Gasteiger partial charge >= 0.3 is 6.09 Å². The highest BCUT2D eigenvalue weighted by Gasteiger charge is 2.60. The van der Waals surface area contributed by atoms with Gasteiger partial charge in [-0.3, -0.25) is 4.79 Å². The Bertz CT molecular complexity index is 1780. The molecule has 2 saturated carbocycles. The number of carbonyl (C=O) groups excluding carboxylic acids is 1. The van der Waals surface area contributed by atoms with Crippen molar-refractivity contribution in [3.63, 3.8) is 0 Å². The molecule has 44 heavy (non-hydrogen) atoms. The third kappa shape index (κ3) is 5.16. The van der Waals surface area contributed by atoms with Crippen LogP contribution in [0.15, 0.2) is 54.9 Å². The zero-order valence-corrected chi connectivity index (χ0v) is 24.3. The van der Waals surface area contributed by atoms with Gasteiger partial charge in [-0.1, -0.05) is 18.6 Å². The Morgan fingerprint density at radius 2 is 1.91 bits per heavy atom. The third-order valence-electron chi connectivity index (χ3n) is 9.33. The van der Waals surface area contributed by atoms with Crippen molar-refractivity contribution >= 4 is 34.4 Å². The molecule has 4 aromatic rings. The highest BCUT2D eigenvalue weighted by Crippen LogP contribution is 2.65. The molecule has 2 aliphatic carbocycles. The molecule has 0 bridgehead atoms. The number of likely N-dealkylation sites (tertiary alicyclic amines) is 1. The predicted octanol–water partition coefficient (Wildman–Crippen LogP) is 6.61. The molecule has 3 aliphatic rings. The molecule has 2 atom stereocenters. The van der Waals surface area contributed by atoms with Crippen molar-refractivity contribution in [3.05, 3.63) is 66.2 Å². The number of carboxylic acid groups (broad SMARTS) is 1. The summed E-state index contributed by atoms with van der Waals surface area (Å²) in [7, 11) is 0. The van der Waals surface area contributed by atoms with Gasteiger partial charge in [0.15, 0.2) is 0 Å². The Hall–Kier alpha value is -4.80. The zero-order chi connectivity index (χ0) is 30.4. The van der Waals surface area contributed by atoms with E-state index in [-0.39, 0.29) is 29.0 Å². The number of ether oxygens (including phenoxy) is 1. The standard InChI is InChI=1S/C33H33FN6O4/c1-19-7-8-21-22(9-10-25(34)27(21)39-29(41)24-17-33(24)12-4-13-33)28(19)44-30-23(6-2-14-35-30)26-11-15-36-31(38-26)37-20-5-3-16-40(18-20)32(42)43/h2,6-11,14-15,20,24H,3-5,12-13,16-18H2,1H3,(H,39,41)(H,42,43)(H,36,37,38)/t20?,24-/m1/s1. The number of aromatic nitrogens is 3. The van der Waals surface area contributed by atoms with Crippen LogP contribution in [0.3, 0.4) is 0 Å². The number of amides is 2. The van der Waals surface area contributed by atoms with Gasteiger partial charge in [-0.15, -0.1) is 0 Å². The monoisotopic (exact) mass is 596 g/mol. The summed E-state index contributed by atoms with van der Waals surface area (Å²) in [5.41, 5.74) is 2.31. The summed E-state index contributed by atoms with van der Waals surface area (Å²) in [6, 6.07) is 12.0. The number of fused-ring (bicyclic) bond motifs is 1. The maximum Gasteiger partial charge on any atom is 0.407 e. The second-order valence-electron chi connectivity index (χ2n) is 12.1. The molecule has 1 spiro atoms. The SMILES string of the molecule is Cc1ccc2c(NC(=O)[C@H]3CC34CCC4)c(F)ccc2c1Oc1ncccc1-c1ccnc(NC2CCCN(C(=O)O)C2)n1. The van der Waals surface area contributed by atoms with E-state index in [0.29, 0.717) is 52.7 Å². The summed E-state index contributed by atoms with van der Waals surface area (Å²) >= 11 is 0. The zero-order valence-electron chi connectivity index (χ0n) is 24.3. The minimum absolute atomic E-state index is 0.0513. The average molecular weight is 597 g/mol. The van der Waals surface area contributed by atoms with Crippen LogP contribution in [-0.2, 0) is 4.79 Å². The predicted molar refractivity (Wildman–Crippen MR) is 163 cm³/mol. The fourth-order valence-electron chi connectivity index (χ4n) is 6.63. The van der Waals surface area contributed by atoms with Crippen LogP contribution in [0.5, 0.6) is 11.6 Å². The van der Waals surface area contributed by atoms with Crippen molar-refractivity contribution in [2.24, 2.45) is 11.3 Å². The summed E-state index contributed by atoms with van der Waals surface area (Å²) in [6.07, 6.45) is 8.06. The van der Waals surface area contributed by atoms with Crippen molar-refractivity contribution in [1.29, 1.82) is 0 Å². The molecule has 3 N–H and O–H groups in total. The molecule has 0 radical (unpaired) electrons. The highest BCUT2D eigenvalue weighted by molar-refractivity contribution is 6.06. The Morgan fingerprint density at radius 3 is 2.68 bits per heavy atom. The molecule has 1 saturated heterocycles. The summed E-state index contributed by atoms with van der Waals surface area (Å²) in [5.74, 6) is 0.525. The fourth-order valence-corrected chi connectivity index (χ4v) is 6.63. The van der Waals surface area contributed by atoms with E-state index in [1.54, 1.807) is 36.7 Å². The number of hydrogen-bond donors (Lipinski definition) is 3. The van der Waals surface area contributed by atoms with Crippen LogP contribution in [0.2, 0.25) is 0 Å². The maximum atomic E-state index is 15.1. The second-order valence-corrected chi connectivity index (χ2v) is 12.1. The average Bonchev–Trinajstić information content (AvgIpc) is 3.78. The number of nitrogens with zero attached hydrogens (tertiary/aromatic N) is 4. The lowest BCUT2D eigenvalue weighted by Crippen LogP contribution is -2.44. The van der Waals surface area contributed by atoms with E-state index in [9.17, 15) is 14.7 Å². The molecular formula is C33H33FN6O4. The minimum Gasteiger partial charge on any atom is -0.465 e. The molecule has 1 aliphatic heterocycles. The maximum absolute atomic E-state index is 15.1. The van der Waals surface area contributed by atoms with Crippen molar-refractivity contribution in [2.45, 2.75) is 51.5 Å². The number of benzene rings is 2. The van der Waals surface area contributed by atoms with Crippen LogP contribution in [-0.4, -0.2) is 56.1 Å². The first-order chi connectivity index (χ1) is 21.3. The van der Waals surface area contributed by atoms with E-state index >= 15 is 4.39 Å². The summed E-state index contributed by atoms with van der Waals surface area (Å²) in [5, 5.41) is 16.7. The molecule has 2 aromatic heterocycles. The van der Waals surface area contributed by atoms with E-state index in [0.717, 1.165) is 44.1 Å². The van der Waals surface area contributed by atoms with E-state index in [1.807, 2.05) is 19.1 Å². The largest absolute Gasteiger partial charge is 0.465 e. The Morgan fingerprint density at radius 1 is 1.07 bits per heavy atom. The van der Waals surface area contributed by atoms with Crippen molar-refractivity contribution in [3.8, 4) is 22.9 Å². The van der Waals surface area contributed by atoms with E-state index in [4.69, 9.17) is 9.72 Å². The molecule has 3 fully saturated rings. The van der Waals surface area contributed by atoms with Gasteiger partial charge < -0.3 is 25.4 Å². The first-order valence-electron chi connectivity index (χ1n) is 15.0. The van der Waals surface area contributed by atoms with Crippen LogP contribution in [0, 0.1) is 24.1 Å². The molecule has 7 rings (SSSR count). The molecule has 10 nitrogen and oxygen atoms in total. The lowest BCUT2D eigenvalue weighted by Gasteiger charge is -2.31. The number of piperidine rings is 1. The van der Waals surface area contributed by atoms with E-state index in [2.05, 4.69) is 20.6 Å². The number of carbonyl (C=O) groups is 2. The number of nitrogens with one attached hydrogen (secondary N) is 2. The van der Waals surface area contributed by atoms with Crippen LogP contribution >= 0.6 is 0 Å². The first kappa shape index (κ1) is 28.0. The number of aryl methyl sites for hydroxylation is 1. The minimum atomic E-state index is -0.936. The molecule has 3 heterocycles. The van der Waals surface area contributed by atoms with E-state index in [1.165, 1.54) is 11.0 Å². The fraction of sp³-hybridized carbons (Fsp3) is 0.364. The number of halogens is 1. The topological polar surface area (TPSA) is 130 Å². The molecule has 226 valence electrons. The van der Waals surface area contributed by atoms with Crippen molar-refractivity contribution < 1.29 is 23.8 Å². The molecular weight excluding hydrogens is 563 g/mol. The van der Waals surface area contributed by atoms with Gasteiger partial charge in [0.2, 0.25) is 17.7 Å². The smallest absolute Gasteiger partial charge is 0.407 e. The highest BCUT2D eigenvalue weighted by atomic mass is 19.1. The summed E-state index contributed by atoms with van der Waals surface area (Å²) in [4.78, 5) is 39.4. The number of hydrogen-bond acceptors (Lipinski definition) is 7. The Kier molecular flexibility index (Phi) is 7.02. The number of anilines is 2. The van der Waals surface area contributed by atoms with E-state index < -0.39 is 11.9 Å². The quantitative estimate of drug-likeness (QED) is 0.217. The lowest BCUT2D eigenvalue weighted by atomic mass is 9.79. The molecule has 11 heteroatoms. The first-order valence-corrected chi connectivity index (χ1v) is 15.0. The summed E-state index contributed by atoms with van der Waals surface area (Å²) < 4.78 is 21.6. The third-order valence-corrected chi connectivity index (χ3v) is 9.33. The summed E-state index contributed by atoms with van der Waals surface area (Å²) in [6.45, 7) is 2.77. The van der Waals surface area contributed by atoms with Crippen LogP contribution in [0.1, 0.15) is 44.1 Å². The van der Waals surface area contributed by atoms with Gasteiger partial charge in [0, 0.05) is 48.2 Å². The molecule has 1 unspecified atom stereocenters. The van der Waals surface area contributed by atoms with Crippen LogP contribution in [0.25, 0.3) is 22.0 Å². The van der Waals surface area contributed by atoms with Gasteiger partial charge in [-0.05, 0) is 80.3 Å². The van der Waals surface area contributed by atoms with Gasteiger partial charge in [-0.2, -0.15) is 0 Å². The normalized spacial score (nSPS) is 20.2. The van der Waals surface area contributed by atoms with Gasteiger partial charge in [0.25, 0.3) is 0 Å². The second kappa shape index (κ2) is 11.0. The van der Waals surface area contributed by atoms with Crippen LogP contribution < -0.4 is 15.4 Å².